The molecule has 1 saturated heterocycles. The number of methoxy groups -OCH3 is 2. The Morgan fingerprint density at radius 1 is 0.887 bits per heavy atom. The Hall–Kier alpha value is -5.87. The van der Waals surface area contributed by atoms with Gasteiger partial charge in [0, 0.05) is 87.8 Å². The van der Waals surface area contributed by atoms with Crippen LogP contribution in [0.1, 0.15) is 16.7 Å². The zero-order valence-electron chi connectivity index (χ0n) is 29.7. The molecule has 0 bridgehead atoms. The minimum absolute atomic E-state index is 0.0241. The average Bonchev–Trinajstić information content (AvgIpc) is 3.78. The number of fused-ring (bicyclic) bond motifs is 2. The number of nitrogens with one attached hydrogen (secondary N) is 3. The van der Waals surface area contributed by atoms with Crippen LogP contribution in [0, 0.1) is 0 Å². The van der Waals surface area contributed by atoms with Crippen molar-refractivity contribution in [1.29, 1.82) is 0 Å². The summed E-state index contributed by atoms with van der Waals surface area (Å²) >= 11 is 0. The predicted octanol–water partition coefficient (Wildman–Crippen LogP) is 6.32. The molecule has 1 fully saturated rings. The minimum atomic E-state index is -4.58. The van der Waals surface area contributed by atoms with Gasteiger partial charge in [0.1, 0.15) is 29.3 Å². The van der Waals surface area contributed by atoms with E-state index in [1.807, 2.05) is 58.4 Å². The average molecular weight is 729 g/mol. The molecule has 6 aromatic rings. The first-order chi connectivity index (χ1) is 25.5. The van der Waals surface area contributed by atoms with Crippen molar-refractivity contribution in [3.05, 3.63) is 90.1 Å². The maximum atomic E-state index is 14.2. The number of ether oxygens (including phenoxy) is 2. The van der Waals surface area contributed by atoms with Crippen LogP contribution in [0.15, 0.2) is 73.4 Å². The Kier molecular flexibility index (Phi) is 9.81. The maximum Gasteiger partial charge on any atom is 0.416 e. The fraction of sp³-hybridized carbons (Fsp3) is 0.297. The molecule has 0 spiro atoms. The molecule has 7 rings (SSSR count). The van der Waals surface area contributed by atoms with Gasteiger partial charge in [-0.05, 0) is 49.0 Å². The third-order valence-electron chi connectivity index (χ3n) is 9.43. The highest BCUT2D eigenvalue weighted by atomic mass is 19.4. The molecule has 1 aliphatic rings. The third kappa shape index (κ3) is 7.41. The number of imidazole rings is 1. The maximum absolute atomic E-state index is 14.2. The topological polar surface area (TPSA) is 126 Å². The van der Waals surface area contributed by atoms with Crippen molar-refractivity contribution < 1.29 is 27.4 Å². The molecule has 3 N–H and O–H groups in total. The molecule has 4 aromatic heterocycles. The molecular formula is C37H39F3N10O3. The Labute approximate surface area is 303 Å². The highest BCUT2D eigenvalue weighted by Crippen LogP contribution is 2.37. The summed E-state index contributed by atoms with van der Waals surface area (Å²) in [5, 5.41) is 9.53. The number of piperazine rings is 1. The third-order valence-corrected chi connectivity index (χ3v) is 9.43. The molecule has 0 aliphatic carbocycles. The van der Waals surface area contributed by atoms with Gasteiger partial charge in [-0.1, -0.05) is 6.07 Å². The number of amides is 2. The molecule has 16 heteroatoms. The van der Waals surface area contributed by atoms with Gasteiger partial charge in [-0.15, -0.1) is 0 Å². The van der Waals surface area contributed by atoms with Crippen LogP contribution in [0.2, 0.25) is 0 Å². The van der Waals surface area contributed by atoms with E-state index in [0.29, 0.717) is 53.9 Å². The minimum Gasteiger partial charge on any atom is -0.497 e. The van der Waals surface area contributed by atoms with Crippen molar-refractivity contribution in [1.82, 2.24) is 33.7 Å². The molecule has 2 aromatic carbocycles. The first kappa shape index (κ1) is 35.5. The summed E-state index contributed by atoms with van der Waals surface area (Å²) in [6, 6.07) is 12.3. The molecular weight excluding hydrogens is 689 g/mol. The smallest absolute Gasteiger partial charge is 0.416 e. The quantitative estimate of drug-likeness (QED) is 0.149. The Balaban J connectivity index is 1.13. The first-order valence-electron chi connectivity index (χ1n) is 16.9. The van der Waals surface area contributed by atoms with Crippen molar-refractivity contribution in [2.45, 2.75) is 19.3 Å². The predicted molar refractivity (Wildman–Crippen MR) is 196 cm³/mol. The number of nitrogens with zero attached hydrogens (tertiary/aromatic N) is 7. The van der Waals surface area contributed by atoms with Crippen LogP contribution in [0.25, 0.3) is 27.9 Å². The lowest BCUT2D eigenvalue weighted by molar-refractivity contribution is -0.138. The van der Waals surface area contributed by atoms with Crippen LogP contribution >= 0.6 is 0 Å². The number of benzene rings is 2. The molecule has 0 saturated carbocycles. The van der Waals surface area contributed by atoms with Crippen molar-refractivity contribution >= 4 is 39.9 Å². The van der Waals surface area contributed by atoms with Crippen molar-refractivity contribution in [2.75, 3.05) is 63.4 Å². The summed E-state index contributed by atoms with van der Waals surface area (Å²) in [7, 11) is 7.09. The Morgan fingerprint density at radius 2 is 1.68 bits per heavy atom. The van der Waals surface area contributed by atoms with Gasteiger partial charge in [0.15, 0.2) is 5.65 Å². The van der Waals surface area contributed by atoms with Crippen LogP contribution < -0.4 is 25.4 Å². The van der Waals surface area contributed by atoms with Gasteiger partial charge in [0.05, 0.1) is 36.6 Å². The SMILES string of the molecule is COc1ccc(CNc2ncnc3c2c(-c2ccc(NC(=O)Nc4ccc(CN5CCN(C)CC5)c(C(F)(F)F)c4)c4nccn24)cn3C)c(OC)c1. The van der Waals surface area contributed by atoms with E-state index >= 15 is 0 Å². The Morgan fingerprint density at radius 3 is 2.43 bits per heavy atom. The van der Waals surface area contributed by atoms with Gasteiger partial charge >= 0.3 is 12.2 Å². The van der Waals surface area contributed by atoms with Crippen molar-refractivity contribution in [3.63, 3.8) is 0 Å². The first-order valence-corrected chi connectivity index (χ1v) is 16.9. The largest absolute Gasteiger partial charge is 0.497 e. The zero-order valence-corrected chi connectivity index (χ0v) is 29.7. The highest BCUT2D eigenvalue weighted by Gasteiger charge is 2.34. The molecule has 276 valence electrons. The molecule has 0 atom stereocenters. The van der Waals surface area contributed by atoms with Gasteiger partial charge in [-0.2, -0.15) is 13.2 Å². The van der Waals surface area contributed by atoms with E-state index in [-0.39, 0.29) is 17.8 Å². The number of rotatable bonds is 10. The standard InChI is InChI=1S/C37H39F3N10O3/c1-47-13-15-49(16-14-47)20-24-5-7-25(17-28(24)37(38,39)40)45-36(51)46-29-9-10-30(50-12-11-41-34(29)50)27-21-48(2)35-32(27)33(43-22-44-35)42-19-23-6-8-26(52-3)18-31(23)53-4/h5-12,17-18,21-22H,13-16,19-20H2,1-4H3,(H,42,43,44)(H2,45,46,51). The number of likely N-dealkylation sites (N-methyl/N-ethyl adjacent to an activating group) is 1. The second kappa shape index (κ2) is 14.6. The van der Waals surface area contributed by atoms with Crippen LogP contribution in [-0.4, -0.2) is 87.2 Å². The number of urea groups is 1. The number of carbonyl (C=O) groups is 1. The number of hydrogen-bond donors (Lipinski definition) is 3. The lowest BCUT2D eigenvalue weighted by atomic mass is 10.0. The fourth-order valence-corrected chi connectivity index (χ4v) is 6.64. The molecule has 13 nitrogen and oxygen atoms in total. The fourth-order valence-electron chi connectivity index (χ4n) is 6.64. The van der Waals surface area contributed by atoms with E-state index in [1.165, 1.54) is 18.5 Å². The summed E-state index contributed by atoms with van der Waals surface area (Å²) in [5.41, 5.74) is 3.37. The van der Waals surface area contributed by atoms with Gasteiger partial charge in [-0.25, -0.2) is 19.7 Å². The number of halogens is 3. The van der Waals surface area contributed by atoms with E-state index in [0.717, 1.165) is 41.4 Å². The van der Waals surface area contributed by atoms with E-state index in [1.54, 1.807) is 32.7 Å². The van der Waals surface area contributed by atoms with Crippen LogP contribution in [0.5, 0.6) is 11.5 Å². The van der Waals surface area contributed by atoms with E-state index < -0.39 is 17.8 Å². The number of pyridine rings is 1. The highest BCUT2D eigenvalue weighted by molar-refractivity contribution is 6.04. The lowest BCUT2D eigenvalue weighted by Gasteiger charge is -2.33. The number of anilines is 3. The number of alkyl halides is 3. The number of aryl methyl sites for hydroxylation is 1. The van der Waals surface area contributed by atoms with E-state index in [4.69, 9.17) is 9.47 Å². The van der Waals surface area contributed by atoms with Gasteiger partial charge < -0.3 is 34.9 Å². The van der Waals surface area contributed by atoms with E-state index in [2.05, 4.69) is 35.8 Å². The number of aromatic nitrogens is 5. The summed E-state index contributed by atoms with van der Waals surface area (Å²) in [5.74, 6) is 1.95. The van der Waals surface area contributed by atoms with Crippen molar-refractivity contribution in [3.8, 4) is 22.8 Å². The van der Waals surface area contributed by atoms with Gasteiger partial charge in [0.25, 0.3) is 0 Å². The van der Waals surface area contributed by atoms with Gasteiger partial charge in [0.2, 0.25) is 0 Å². The van der Waals surface area contributed by atoms with Crippen LogP contribution in [0.3, 0.4) is 0 Å². The molecule has 2 amide bonds. The molecule has 1 aliphatic heterocycles. The summed E-state index contributed by atoms with van der Waals surface area (Å²) < 4.78 is 57.1. The molecule has 0 radical (unpaired) electrons. The summed E-state index contributed by atoms with van der Waals surface area (Å²) in [6.45, 7) is 3.55. The van der Waals surface area contributed by atoms with E-state index in [9.17, 15) is 18.0 Å². The summed E-state index contributed by atoms with van der Waals surface area (Å²) in [6.07, 6.45) is 2.22. The van der Waals surface area contributed by atoms with Gasteiger partial charge in [-0.3, -0.25) is 9.30 Å². The van der Waals surface area contributed by atoms with Crippen LogP contribution in [0.4, 0.5) is 35.2 Å². The molecule has 0 unspecified atom stereocenters. The van der Waals surface area contributed by atoms with Crippen LogP contribution in [-0.2, 0) is 26.3 Å². The Bertz CT molecular complexity index is 2280. The number of hydrogen-bond acceptors (Lipinski definition) is 9. The zero-order chi connectivity index (χ0) is 37.3. The summed E-state index contributed by atoms with van der Waals surface area (Å²) in [4.78, 5) is 30.9. The second-order valence-electron chi connectivity index (χ2n) is 12.9. The number of carbonyl (C=O) groups excluding carboxylic acids is 1. The monoisotopic (exact) mass is 728 g/mol. The second-order valence-corrected chi connectivity index (χ2v) is 12.9. The molecule has 53 heavy (non-hydrogen) atoms. The van der Waals surface area contributed by atoms with Crippen molar-refractivity contribution in [2.24, 2.45) is 7.05 Å². The normalized spacial score (nSPS) is 14.1. The lowest BCUT2D eigenvalue weighted by Crippen LogP contribution is -2.44. The molecule has 5 heterocycles.